The van der Waals surface area contributed by atoms with Crippen LogP contribution in [0.15, 0.2) is 176 Å². The molecule has 0 fully saturated rings. The number of aryl methyl sites for hydroxylation is 1. The maximum Gasteiger partial charge on any atom is 0.0537 e. The van der Waals surface area contributed by atoms with E-state index >= 15 is 0 Å². The highest BCUT2D eigenvalue weighted by Crippen LogP contribution is 2.41. The van der Waals surface area contributed by atoms with E-state index < -0.39 is 0 Å². The lowest BCUT2D eigenvalue weighted by atomic mass is 10.1. The summed E-state index contributed by atoms with van der Waals surface area (Å²) in [5, 5.41) is 3.76. The van der Waals surface area contributed by atoms with Gasteiger partial charge in [0.1, 0.15) is 0 Å². The number of fused-ring (bicyclic) bond motifs is 2. The molecule has 0 saturated carbocycles. The molecule has 8 aromatic rings. The van der Waals surface area contributed by atoms with Crippen molar-refractivity contribution in [3.05, 3.63) is 187 Å². The molecule has 7 aromatic carbocycles. The van der Waals surface area contributed by atoms with E-state index in [0.717, 1.165) is 34.1 Å². The van der Waals surface area contributed by atoms with Gasteiger partial charge < -0.3 is 14.4 Å². The number of hydrogen-bond donors (Lipinski definition) is 0. The van der Waals surface area contributed by atoms with Crippen molar-refractivity contribution >= 4 is 55.8 Å². The molecular formula is C44H35N3. The summed E-state index contributed by atoms with van der Waals surface area (Å²) in [5.74, 6) is 0. The summed E-state index contributed by atoms with van der Waals surface area (Å²) in [4.78, 5) is 4.65. The largest absolute Gasteiger partial charge is 0.313 e. The lowest BCUT2D eigenvalue weighted by Crippen LogP contribution is -2.12. The van der Waals surface area contributed by atoms with E-state index in [4.69, 9.17) is 0 Å². The van der Waals surface area contributed by atoms with Gasteiger partial charge in [-0.25, -0.2) is 0 Å². The lowest BCUT2D eigenvalue weighted by Gasteiger charge is -2.28. The van der Waals surface area contributed by atoms with Crippen LogP contribution >= 0.6 is 0 Å². The molecule has 0 spiro atoms. The fourth-order valence-corrected chi connectivity index (χ4v) is 6.79. The second-order valence-corrected chi connectivity index (χ2v) is 11.9. The van der Waals surface area contributed by atoms with Crippen LogP contribution in [0.25, 0.3) is 27.4 Å². The molecule has 0 saturated heterocycles. The molecule has 0 atom stereocenters. The predicted octanol–water partition coefficient (Wildman–Crippen LogP) is 12.3. The molecule has 0 N–H and O–H groups in total. The first kappa shape index (κ1) is 28.4. The van der Waals surface area contributed by atoms with Gasteiger partial charge in [-0.15, -0.1) is 0 Å². The number of anilines is 6. The number of nitrogens with zero attached hydrogens (tertiary/aromatic N) is 3. The van der Waals surface area contributed by atoms with Gasteiger partial charge in [-0.05, 0) is 110 Å². The van der Waals surface area contributed by atoms with Gasteiger partial charge in [-0.2, -0.15) is 0 Å². The van der Waals surface area contributed by atoms with Gasteiger partial charge in [-0.1, -0.05) is 91.0 Å². The van der Waals surface area contributed by atoms with Gasteiger partial charge in [0.2, 0.25) is 0 Å². The van der Waals surface area contributed by atoms with Gasteiger partial charge in [0.05, 0.1) is 11.2 Å². The molecular weight excluding hydrogens is 571 g/mol. The zero-order chi connectivity index (χ0) is 31.7. The lowest BCUT2D eigenvalue weighted by molar-refractivity contribution is 1.05. The highest BCUT2D eigenvalue weighted by atomic mass is 15.2. The molecule has 0 radical (unpaired) electrons. The molecule has 226 valence electrons. The van der Waals surface area contributed by atoms with Gasteiger partial charge >= 0.3 is 0 Å². The minimum Gasteiger partial charge on any atom is -0.313 e. The molecule has 3 heteroatoms. The van der Waals surface area contributed by atoms with E-state index in [1.807, 2.05) is 0 Å². The summed E-state index contributed by atoms with van der Waals surface area (Å²) in [6.45, 7) is 4.47. The van der Waals surface area contributed by atoms with Crippen molar-refractivity contribution in [2.45, 2.75) is 13.8 Å². The molecule has 47 heavy (non-hydrogen) atoms. The van der Waals surface area contributed by atoms with Crippen LogP contribution in [0.2, 0.25) is 0 Å². The maximum absolute atomic E-state index is 2.42. The second-order valence-electron chi connectivity index (χ2n) is 11.9. The van der Waals surface area contributed by atoms with Crippen LogP contribution in [0.5, 0.6) is 0 Å². The van der Waals surface area contributed by atoms with Gasteiger partial charge in [0.25, 0.3) is 0 Å². The van der Waals surface area contributed by atoms with E-state index in [-0.39, 0.29) is 0 Å². The minimum absolute atomic E-state index is 1.10. The fourth-order valence-electron chi connectivity index (χ4n) is 6.79. The van der Waals surface area contributed by atoms with E-state index in [0.29, 0.717) is 0 Å². The van der Waals surface area contributed by atoms with E-state index in [1.54, 1.807) is 0 Å². The summed E-state index contributed by atoms with van der Waals surface area (Å²) in [7, 11) is 0. The zero-order valence-electron chi connectivity index (χ0n) is 26.6. The number of para-hydroxylation sites is 3. The SMILES string of the molecule is Cc1c(C)n(-c2cccc3ccccc23)c2ccc(N(c3ccccc3)c3ccc(N(c4ccccc4)c4ccccc4)cc3)cc12. The van der Waals surface area contributed by atoms with Crippen LogP contribution in [0.1, 0.15) is 11.3 Å². The first-order chi connectivity index (χ1) is 23.2. The Labute approximate surface area is 276 Å². The summed E-state index contributed by atoms with van der Waals surface area (Å²) in [5.41, 5.74) is 11.7. The predicted molar refractivity (Wildman–Crippen MR) is 200 cm³/mol. The van der Waals surface area contributed by atoms with Crippen LogP contribution in [-0.2, 0) is 0 Å². The highest BCUT2D eigenvalue weighted by molar-refractivity contribution is 5.97. The molecule has 1 aromatic heterocycles. The topological polar surface area (TPSA) is 11.4 Å². The molecule has 8 rings (SSSR count). The van der Waals surface area contributed by atoms with Crippen LogP contribution in [0, 0.1) is 13.8 Å². The molecule has 0 unspecified atom stereocenters. The van der Waals surface area contributed by atoms with Crippen molar-refractivity contribution in [2.24, 2.45) is 0 Å². The van der Waals surface area contributed by atoms with Gasteiger partial charge in [0.15, 0.2) is 0 Å². The average molecular weight is 606 g/mol. The molecule has 1 heterocycles. The Bertz CT molecular complexity index is 2260. The quantitative estimate of drug-likeness (QED) is 0.179. The maximum atomic E-state index is 2.42. The highest BCUT2D eigenvalue weighted by Gasteiger charge is 2.19. The first-order valence-corrected chi connectivity index (χ1v) is 16.1. The molecule has 0 aliphatic rings. The van der Waals surface area contributed by atoms with Crippen LogP contribution in [0.3, 0.4) is 0 Å². The molecule has 0 aliphatic heterocycles. The number of hydrogen-bond acceptors (Lipinski definition) is 2. The molecule has 3 nitrogen and oxygen atoms in total. The van der Waals surface area contributed by atoms with Crippen molar-refractivity contribution < 1.29 is 0 Å². The van der Waals surface area contributed by atoms with Crippen LogP contribution in [0.4, 0.5) is 34.1 Å². The molecule has 0 aliphatic carbocycles. The van der Waals surface area contributed by atoms with Crippen molar-refractivity contribution in [3.8, 4) is 5.69 Å². The second kappa shape index (κ2) is 12.0. The molecule has 0 bridgehead atoms. The summed E-state index contributed by atoms with van der Waals surface area (Å²) < 4.78 is 2.42. The number of benzene rings is 7. The van der Waals surface area contributed by atoms with Gasteiger partial charge in [0, 0.05) is 50.6 Å². The number of aromatic nitrogens is 1. The normalized spacial score (nSPS) is 11.2. The summed E-state index contributed by atoms with van der Waals surface area (Å²) >= 11 is 0. The minimum atomic E-state index is 1.10. The van der Waals surface area contributed by atoms with Gasteiger partial charge in [-0.3, -0.25) is 0 Å². The zero-order valence-corrected chi connectivity index (χ0v) is 26.6. The van der Waals surface area contributed by atoms with Crippen molar-refractivity contribution in [1.29, 1.82) is 0 Å². The Morgan fingerprint density at radius 3 is 1.40 bits per heavy atom. The van der Waals surface area contributed by atoms with Crippen LogP contribution < -0.4 is 9.80 Å². The van der Waals surface area contributed by atoms with Crippen molar-refractivity contribution in [3.63, 3.8) is 0 Å². The van der Waals surface area contributed by atoms with E-state index in [2.05, 4.69) is 204 Å². The standard InChI is InChI=1S/C44H35N3/c1-32-33(2)45(43-24-14-16-34-15-12-13-23-41(34)43)44-30-29-40(31-42(32)44)47(37-21-10-5-11-22-37)39-27-25-38(26-28-39)46(35-17-6-3-7-18-35)36-19-8-4-9-20-36/h3-31H,1-2H3. The third-order valence-corrected chi connectivity index (χ3v) is 9.18. The Balaban J connectivity index is 1.24. The van der Waals surface area contributed by atoms with E-state index in [9.17, 15) is 0 Å². The monoisotopic (exact) mass is 605 g/mol. The summed E-state index contributed by atoms with van der Waals surface area (Å²) in [6.07, 6.45) is 0. The Kier molecular flexibility index (Phi) is 7.28. The first-order valence-electron chi connectivity index (χ1n) is 16.1. The fraction of sp³-hybridized carbons (Fsp3) is 0.0455. The summed E-state index contributed by atoms with van der Waals surface area (Å²) in [6, 6.07) is 62.7. The van der Waals surface area contributed by atoms with Crippen molar-refractivity contribution in [2.75, 3.05) is 9.80 Å². The third kappa shape index (κ3) is 5.12. The van der Waals surface area contributed by atoms with Crippen LogP contribution in [-0.4, -0.2) is 4.57 Å². The Hall–Kier alpha value is -6.06. The third-order valence-electron chi connectivity index (χ3n) is 9.18. The van der Waals surface area contributed by atoms with Crippen molar-refractivity contribution in [1.82, 2.24) is 4.57 Å². The Morgan fingerprint density at radius 2 is 0.830 bits per heavy atom. The average Bonchev–Trinajstić information content (AvgIpc) is 3.38. The Morgan fingerprint density at radius 1 is 0.383 bits per heavy atom. The van der Waals surface area contributed by atoms with E-state index in [1.165, 1.54) is 38.6 Å². The molecule has 0 amide bonds. The smallest absolute Gasteiger partial charge is 0.0537 e. The number of rotatable bonds is 7.